The summed E-state index contributed by atoms with van der Waals surface area (Å²) >= 11 is 0. The number of nitrogens with two attached hydrogens (primary N) is 1. The molecule has 0 spiro atoms. The monoisotopic (exact) mass is 209 g/mol. The van der Waals surface area contributed by atoms with Crippen molar-refractivity contribution in [2.45, 2.75) is 25.5 Å². The van der Waals surface area contributed by atoms with Crippen molar-refractivity contribution >= 4 is 5.84 Å². The fourth-order valence-corrected chi connectivity index (χ4v) is 1.86. The SMILES string of the molecule is N/C(=N/O)c1cccn1CC1CCCO1. The summed E-state index contributed by atoms with van der Waals surface area (Å²) in [5.74, 6) is 0.137. The average Bonchev–Trinajstić information content (AvgIpc) is 2.88. The molecule has 0 bridgehead atoms. The Labute approximate surface area is 88.1 Å². The highest BCUT2D eigenvalue weighted by atomic mass is 16.5. The van der Waals surface area contributed by atoms with Crippen LogP contribution in [-0.2, 0) is 11.3 Å². The Morgan fingerprint density at radius 3 is 3.27 bits per heavy atom. The molecule has 1 aromatic heterocycles. The van der Waals surface area contributed by atoms with E-state index in [0.29, 0.717) is 0 Å². The molecule has 1 fully saturated rings. The zero-order valence-electron chi connectivity index (χ0n) is 8.47. The molecule has 5 nitrogen and oxygen atoms in total. The highest BCUT2D eigenvalue weighted by Gasteiger charge is 2.17. The summed E-state index contributed by atoms with van der Waals surface area (Å²) in [5.41, 5.74) is 6.28. The number of oxime groups is 1. The van der Waals surface area contributed by atoms with Crippen LogP contribution in [0.25, 0.3) is 0 Å². The highest BCUT2D eigenvalue weighted by molar-refractivity contribution is 5.95. The van der Waals surface area contributed by atoms with Crippen LogP contribution >= 0.6 is 0 Å². The number of hydrogen-bond acceptors (Lipinski definition) is 3. The Hall–Kier alpha value is -1.49. The molecule has 1 aromatic rings. The highest BCUT2D eigenvalue weighted by Crippen LogP contribution is 2.15. The number of rotatable bonds is 3. The molecule has 2 heterocycles. The Bertz CT molecular complexity index is 353. The smallest absolute Gasteiger partial charge is 0.186 e. The lowest BCUT2D eigenvalue weighted by Crippen LogP contribution is -2.22. The average molecular weight is 209 g/mol. The first-order chi connectivity index (χ1) is 7.31. The van der Waals surface area contributed by atoms with Crippen LogP contribution in [0.5, 0.6) is 0 Å². The van der Waals surface area contributed by atoms with Crippen LogP contribution < -0.4 is 5.73 Å². The van der Waals surface area contributed by atoms with Gasteiger partial charge in [0.05, 0.1) is 11.8 Å². The second kappa shape index (κ2) is 4.35. The van der Waals surface area contributed by atoms with Crippen LogP contribution in [0.4, 0.5) is 0 Å². The van der Waals surface area contributed by atoms with Crippen molar-refractivity contribution in [3.05, 3.63) is 24.0 Å². The molecule has 0 amide bonds. The van der Waals surface area contributed by atoms with Crippen LogP contribution in [0.1, 0.15) is 18.5 Å². The molecule has 0 saturated carbocycles. The normalized spacial score (nSPS) is 22.1. The van der Waals surface area contributed by atoms with Gasteiger partial charge in [-0.1, -0.05) is 5.16 Å². The van der Waals surface area contributed by atoms with Crippen molar-refractivity contribution in [2.24, 2.45) is 10.9 Å². The molecule has 0 radical (unpaired) electrons. The van der Waals surface area contributed by atoms with Crippen molar-refractivity contribution in [1.82, 2.24) is 4.57 Å². The van der Waals surface area contributed by atoms with Crippen LogP contribution in [-0.4, -0.2) is 28.3 Å². The minimum atomic E-state index is 0.137. The van der Waals surface area contributed by atoms with E-state index >= 15 is 0 Å². The van der Waals surface area contributed by atoms with Crippen molar-refractivity contribution in [3.63, 3.8) is 0 Å². The van der Waals surface area contributed by atoms with Crippen molar-refractivity contribution in [2.75, 3.05) is 6.61 Å². The quantitative estimate of drug-likeness (QED) is 0.334. The number of aromatic nitrogens is 1. The number of hydrogen-bond donors (Lipinski definition) is 2. The van der Waals surface area contributed by atoms with E-state index in [2.05, 4.69) is 5.16 Å². The first-order valence-corrected chi connectivity index (χ1v) is 5.06. The number of amidine groups is 1. The molecule has 1 atom stereocenters. The molecule has 82 valence electrons. The summed E-state index contributed by atoms with van der Waals surface area (Å²) < 4.78 is 7.48. The van der Waals surface area contributed by atoms with Gasteiger partial charge >= 0.3 is 0 Å². The van der Waals surface area contributed by atoms with Crippen LogP contribution in [0, 0.1) is 0 Å². The third kappa shape index (κ3) is 2.12. The molecule has 1 aliphatic rings. The molecular weight excluding hydrogens is 194 g/mol. The standard InChI is InChI=1S/C10H15N3O2/c11-10(12-14)9-4-1-5-13(9)7-8-3-2-6-15-8/h1,4-5,8,14H,2-3,6-7H2,(H2,11,12). The van der Waals surface area contributed by atoms with Crippen LogP contribution in [0.3, 0.4) is 0 Å². The summed E-state index contributed by atoms with van der Waals surface area (Å²) in [6.45, 7) is 1.60. The third-order valence-corrected chi connectivity index (χ3v) is 2.62. The number of nitrogens with zero attached hydrogens (tertiary/aromatic N) is 2. The van der Waals surface area contributed by atoms with Gasteiger partial charge in [0.15, 0.2) is 5.84 Å². The molecule has 3 N–H and O–H groups in total. The summed E-state index contributed by atoms with van der Waals surface area (Å²) in [6.07, 6.45) is 4.36. The van der Waals surface area contributed by atoms with Gasteiger partial charge in [-0.05, 0) is 25.0 Å². The fraction of sp³-hybridized carbons (Fsp3) is 0.500. The second-order valence-corrected chi connectivity index (χ2v) is 3.67. The van der Waals surface area contributed by atoms with Crippen molar-refractivity contribution in [3.8, 4) is 0 Å². The minimum Gasteiger partial charge on any atom is -0.409 e. The van der Waals surface area contributed by atoms with E-state index < -0.39 is 0 Å². The number of ether oxygens (including phenoxy) is 1. The van der Waals surface area contributed by atoms with Gasteiger partial charge in [-0.15, -0.1) is 0 Å². The molecule has 1 aliphatic heterocycles. The zero-order valence-corrected chi connectivity index (χ0v) is 8.47. The van der Waals surface area contributed by atoms with Gasteiger partial charge in [-0.25, -0.2) is 0 Å². The van der Waals surface area contributed by atoms with E-state index in [9.17, 15) is 0 Å². The Morgan fingerprint density at radius 1 is 1.73 bits per heavy atom. The van der Waals surface area contributed by atoms with Crippen LogP contribution in [0.15, 0.2) is 23.5 Å². The van der Waals surface area contributed by atoms with Crippen LogP contribution in [0.2, 0.25) is 0 Å². The van der Waals surface area contributed by atoms with E-state index in [1.54, 1.807) is 0 Å². The molecular formula is C10H15N3O2. The van der Waals surface area contributed by atoms with E-state index in [1.807, 2.05) is 22.9 Å². The maximum absolute atomic E-state index is 8.61. The van der Waals surface area contributed by atoms with E-state index in [-0.39, 0.29) is 11.9 Å². The van der Waals surface area contributed by atoms with E-state index in [4.69, 9.17) is 15.7 Å². The summed E-state index contributed by atoms with van der Waals surface area (Å²) in [5, 5.41) is 11.6. The molecule has 0 aliphatic carbocycles. The predicted molar refractivity (Wildman–Crippen MR) is 55.9 cm³/mol. The maximum Gasteiger partial charge on any atom is 0.186 e. The van der Waals surface area contributed by atoms with Gasteiger partial charge in [-0.2, -0.15) is 0 Å². The third-order valence-electron chi connectivity index (χ3n) is 2.62. The lowest BCUT2D eigenvalue weighted by Gasteiger charge is -2.13. The maximum atomic E-state index is 8.61. The van der Waals surface area contributed by atoms with Crippen molar-refractivity contribution in [1.29, 1.82) is 0 Å². The molecule has 5 heteroatoms. The van der Waals surface area contributed by atoms with Gasteiger partial charge in [0.1, 0.15) is 0 Å². The largest absolute Gasteiger partial charge is 0.409 e. The summed E-state index contributed by atoms with van der Waals surface area (Å²) in [6, 6.07) is 3.70. The van der Waals surface area contributed by atoms with Crippen molar-refractivity contribution < 1.29 is 9.94 Å². The molecule has 0 aromatic carbocycles. The Balaban J connectivity index is 2.10. The van der Waals surface area contributed by atoms with Gasteiger partial charge in [0.2, 0.25) is 0 Å². The Kier molecular flexibility index (Phi) is 2.91. The lowest BCUT2D eigenvalue weighted by atomic mass is 10.2. The van der Waals surface area contributed by atoms with Gasteiger partial charge in [-0.3, -0.25) is 0 Å². The first-order valence-electron chi connectivity index (χ1n) is 5.06. The second-order valence-electron chi connectivity index (χ2n) is 3.67. The molecule has 1 unspecified atom stereocenters. The fourth-order valence-electron chi connectivity index (χ4n) is 1.86. The summed E-state index contributed by atoms with van der Waals surface area (Å²) in [4.78, 5) is 0. The topological polar surface area (TPSA) is 72.8 Å². The molecule has 2 rings (SSSR count). The zero-order chi connectivity index (χ0) is 10.7. The minimum absolute atomic E-state index is 0.137. The molecule has 1 saturated heterocycles. The van der Waals surface area contributed by atoms with E-state index in [1.165, 1.54) is 0 Å². The lowest BCUT2D eigenvalue weighted by molar-refractivity contribution is 0.0969. The predicted octanol–water partition coefficient (Wildman–Crippen LogP) is 0.762. The van der Waals surface area contributed by atoms with Gasteiger partial charge in [0.25, 0.3) is 0 Å². The summed E-state index contributed by atoms with van der Waals surface area (Å²) in [7, 11) is 0. The van der Waals surface area contributed by atoms with E-state index in [0.717, 1.165) is 31.7 Å². The van der Waals surface area contributed by atoms with Gasteiger partial charge < -0.3 is 20.2 Å². The Morgan fingerprint density at radius 2 is 2.60 bits per heavy atom. The first kappa shape index (κ1) is 10.0. The van der Waals surface area contributed by atoms with Gasteiger partial charge in [0, 0.05) is 19.3 Å². The molecule has 15 heavy (non-hydrogen) atoms.